The van der Waals surface area contributed by atoms with Crippen LogP contribution in [-0.2, 0) is 14.4 Å². The van der Waals surface area contributed by atoms with E-state index in [0.29, 0.717) is 23.4 Å². The number of carbonyl (C=O) groups excluding carboxylic acids is 3. The number of nitrogens with zero attached hydrogens (tertiary/aromatic N) is 1. The van der Waals surface area contributed by atoms with Crippen molar-refractivity contribution in [3.63, 3.8) is 0 Å². The van der Waals surface area contributed by atoms with Crippen molar-refractivity contribution in [2.75, 3.05) is 10.6 Å². The lowest BCUT2D eigenvalue weighted by molar-refractivity contribution is -0.131. The molecular formula is C24H29N3O3. The number of fused-ring (bicyclic) bond motifs is 3. The maximum atomic E-state index is 13.4. The van der Waals surface area contributed by atoms with Crippen molar-refractivity contribution in [3.05, 3.63) is 48.0 Å². The van der Waals surface area contributed by atoms with Crippen molar-refractivity contribution < 1.29 is 14.4 Å². The Kier molecular flexibility index (Phi) is 6.55. The van der Waals surface area contributed by atoms with Crippen molar-refractivity contribution in [1.29, 1.82) is 0 Å². The second-order valence-corrected chi connectivity index (χ2v) is 7.81. The van der Waals surface area contributed by atoms with Crippen molar-refractivity contribution in [3.8, 4) is 11.1 Å². The zero-order valence-electron chi connectivity index (χ0n) is 17.8. The Bertz CT molecular complexity index is 970. The summed E-state index contributed by atoms with van der Waals surface area (Å²) >= 11 is 0. The van der Waals surface area contributed by atoms with Gasteiger partial charge in [-0.25, -0.2) is 4.90 Å². The van der Waals surface area contributed by atoms with Crippen LogP contribution in [0, 0.1) is 0 Å². The number of amides is 3. The predicted octanol–water partition coefficient (Wildman–Crippen LogP) is 4.00. The SMILES string of the molecule is CCCCCC(=O)N[C@@H](C)C(=O)N1C(=O)C(C)c2ccccc2-c2c(N)cccc21. The second-order valence-electron chi connectivity index (χ2n) is 7.81. The first-order valence-electron chi connectivity index (χ1n) is 10.5. The molecular weight excluding hydrogens is 378 g/mol. The average molecular weight is 408 g/mol. The van der Waals surface area contributed by atoms with Crippen LogP contribution in [-0.4, -0.2) is 23.8 Å². The third-order valence-corrected chi connectivity index (χ3v) is 5.58. The minimum absolute atomic E-state index is 0.185. The fraction of sp³-hybridized carbons (Fsp3) is 0.375. The summed E-state index contributed by atoms with van der Waals surface area (Å²) in [6.45, 7) is 5.47. The number of nitrogens with one attached hydrogen (secondary N) is 1. The Hall–Kier alpha value is -3.15. The quantitative estimate of drug-likeness (QED) is 0.559. The van der Waals surface area contributed by atoms with Gasteiger partial charge in [-0.3, -0.25) is 14.4 Å². The highest BCUT2D eigenvalue weighted by Crippen LogP contribution is 2.44. The van der Waals surface area contributed by atoms with Crippen LogP contribution >= 0.6 is 0 Å². The highest BCUT2D eigenvalue weighted by atomic mass is 16.2. The van der Waals surface area contributed by atoms with Crippen LogP contribution in [0.3, 0.4) is 0 Å². The molecule has 6 nitrogen and oxygen atoms in total. The minimum Gasteiger partial charge on any atom is -0.398 e. The molecule has 0 aromatic heterocycles. The molecule has 2 aromatic rings. The normalized spacial score (nSPS) is 16.3. The summed E-state index contributed by atoms with van der Waals surface area (Å²) in [5.41, 5.74) is 9.57. The summed E-state index contributed by atoms with van der Waals surface area (Å²) in [5, 5.41) is 2.74. The van der Waals surface area contributed by atoms with Gasteiger partial charge in [0.15, 0.2) is 0 Å². The summed E-state index contributed by atoms with van der Waals surface area (Å²) in [7, 11) is 0. The number of hydrogen-bond acceptors (Lipinski definition) is 4. The zero-order valence-corrected chi connectivity index (χ0v) is 17.8. The molecule has 158 valence electrons. The summed E-state index contributed by atoms with van der Waals surface area (Å²) < 4.78 is 0. The molecule has 3 amide bonds. The summed E-state index contributed by atoms with van der Waals surface area (Å²) in [4.78, 5) is 40.1. The Morgan fingerprint density at radius 2 is 1.87 bits per heavy atom. The Morgan fingerprint density at radius 1 is 1.13 bits per heavy atom. The van der Waals surface area contributed by atoms with Gasteiger partial charge in [0.05, 0.1) is 11.6 Å². The molecule has 0 radical (unpaired) electrons. The van der Waals surface area contributed by atoms with Crippen LogP contribution < -0.4 is 16.0 Å². The van der Waals surface area contributed by atoms with Gasteiger partial charge in [-0.15, -0.1) is 0 Å². The smallest absolute Gasteiger partial charge is 0.256 e. The van der Waals surface area contributed by atoms with Crippen LogP contribution in [0.1, 0.15) is 57.9 Å². The zero-order chi connectivity index (χ0) is 21.8. The Balaban J connectivity index is 1.97. The number of nitrogen functional groups attached to an aromatic ring is 1. The van der Waals surface area contributed by atoms with E-state index < -0.39 is 17.9 Å². The molecule has 1 unspecified atom stereocenters. The standard InChI is InChI=1S/C24H29N3O3/c1-4-5-6-14-21(28)26-16(3)24(30)27-20-13-9-12-19(25)22(20)18-11-8-7-10-17(18)15(2)23(27)29/h7-13,15-16H,4-6,14,25H2,1-3H3,(H,26,28)/t15?,16-/m0/s1. The lowest BCUT2D eigenvalue weighted by Gasteiger charge is -2.26. The third kappa shape index (κ3) is 4.08. The van der Waals surface area contributed by atoms with Crippen LogP contribution in [0.2, 0.25) is 0 Å². The van der Waals surface area contributed by atoms with Crippen molar-refractivity contribution in [2.45, 2.75) is 58.4 Å². The van der Waals surface area contributed by atoms with Crippen LogP contribution in [0.15, 0.2) is 42.5 Å². The van der Waals surface area contributed by atoms with Crippen molar-refractivity contribution >= 4 is 29.1 Å². The topological polar surface area (TPSA) is 92.5 Å². The first-order chi connectivity index (χ1) is 14.4. The van der Waals surface area contributed by atoms with E-state index in [1.807, 2.05) is 24.3 Å². The van der Waals surface area contributed by atoms with E-state index in [1.54, 1.807) is 32.0 Å². The molecule has 0 saturated heterocycles. The first-order valence-corrected chi connectivity index (χ1v) is 10.5. The molecule has 2 atom stereocenters. The fourth-order valence-corrected chi connectivity index (χ4v) is 3.92. The molecule has 0 saturated carbocycles. The van der Waals surface area contributed by atoms with Gasteiger partial charge >= 0.3 is 0 Å². The van der Waals surface area contributed by atoms with Gasteiger partial charge in [0.1, 0.15) is 6.04 Å². The van der Waals surface area contributed by atoms with E-state index in [0.717, 1.165) is 30.4 Å². The largest absolute Gasteiger partial charge is 0.398 e. The van der Waals surface area contributed by atoms with Gasteiger partial charge in [-0.1, -0.05) is 50.1 Å². The molecule has 1 heterocycles. The Morgan fingerprint density at radius 3 is 2.60 bits per heavy atom. The van der Waals surface area contributed by atoms with Gasteiger partial charge in [0.25, 0.3) is 5.91 Å². The van der Waals surface area contributed by atoms with Crippen molar-refractivity contribution in [2.24, 2.45) is 0 Å². The van der Waals surface area contributed by atoms with Crippen LogP contribution in [0.4, 0.5) is 11.4 Å². The number of imide groups is 1. The first kappa shape index (κ1) is 21.6. The maximum absolute atomic E-state index is 13.4. The predicted molar refractivity (Wildman–Crippen MR) is 119 cm³/mol. The number of benzene rings is 2. The van der Waals surface area contributed by atoms with Crippen LogP contribution in [0.5, 0.6) is 0 Å². The average Bonchev–Trinajstić information content (AvgIpc) is 2.82. The lowest BCUT2D eigenvalue weighted by atomic mass is 9.92. The number of unbranched alkanes of at least 4 members (excludes halogenated alkanes) is 2. The number of hydrogen-bond donors (Lipinski definition) is 2. The second kappa shape index (κ2) is 9.11. The van der Waals surface area contributed by atoms with Crippen LogP contribution in [0.25, 0.3) is 11.1 Å². The molecule has 0 fully saturated rings. The maximum Gasteiger partial charge on any atom is 0.256 e. The number of nitrogens with two attached hydrogens (primary N) is 1. The molecule has 0 aliphatic carbocycles. The highest BCUT2D eigenvalue weighted by molar-refractivity contribution is 6.22. The monoisotopic (exact) mass is 407 g/mol. The van der Waals surface area contributed by atoms with Gasteiger partial charge in [-0.05, 0) is 43.5 Å². The molecule has 1 aliphatic rings. The number of anilines is 2. The molecule has 1 aliphatic heterocycles. The van der Waals surface area contributed by atoms with Gasteiger partial charge in [0, 0.05) is 17.7 Å². The lowest BCUT2D eigenvalue weighted by Crippen LogP contribution is -2.50. The highest BCUT2D eigenvalue weighted by Gasteiger charge is 2.37. The van der Waals surface area contributed by atoms with E-state index in [-0.39, 0.29) is 11.8 Å². The van der Waals surface area contributed by atoms with E-state index >= 15 is 0 Å². The van der Waals surface area contributed by atoms with E-state index in [1.165, 1.54) is 4.90 Å². The Labute approximate surface area is 177 Å². The molecule has 3 rings (SSSR count). The fourth-order valence-electron chi connectivity index (χ4n) is 3.92. The molecule has 0 bridgehead atoms. The van der Waals surface area contributed by atoms with E-state index in [2.05, 4.69) is 12.2 Å². The number of carbonyl (C=O) groups is 3. The van der Waals surface area contributed by atoms with Gasteiger partial charge in [-0.2, -0.15) is 0 Å². The molecule has 3 N–H and O–H groups in total. The molecule has 6 heteroatoms. The molecule has 30 heavy (non-hydrogen) atoms. The van der Waals surface area contributed by atoms with Gasteiger partial charge < -0.3 is 11.1 Å². The summed E-state index contributed by atoms with van der Waals surface area (Å²) in [6.07, 6.45) is 3.12. The van der Waals surface area contributed by atoms with E-state index in [9.17, 15) is 14.4 Å². The van der Waals surface area contributed by atoms with Gasteiger partial charge in [0.2, 0.25) is 11.8 Å². The summed E-state index contributed by atoms with van der Waals surface area (Å²) in [5.74, 6) is -1.50. The van der Waals surface area contributed by atoms with E-state index in [4.69, 9.17) is 5.73 Å². The van der Waals surface area contributed by atoms with Crippen molar-refractivity contribution in [1.82, 2.24) is 5.32 Å². The minimum atomic E-state index is -0.828. The number of rotatable bonds is 6. The molecule has 2 aromatic carbocycles. The summed E-state index contributed by atoms with van der Waals surface area (Å²) in [6, 6.07) is 12.0. The third-order valence-electron chi connectivity index (χ3n) is 5.58. The molecule has 0 spiro atoms.